The Kier molecular flexibility index (Phi) is 5.22. The molecule has 0 fully saturated rings. The van der Waals surface area contributed by atoms with Crippen LogP contribution < -0.4 is 16.0 Å². The van der Waals surface area contributed by atoms with E-state index in [9.17, 15) is 4.79 Å². The standard InChI is InChI=1S/C17H14Cl2N4OS/c1-9-14(16(24)22-13-4-2-3-7-20-13)15(23-17(25)21-9)11-6-5-10(18)8-12(11)19/h2-8,15H,1H3,(H,20,22,24)(H2,21,23,25)/t15-/m0/s1. The summed E-state index contributed by atoms with van der Waals surface area (Å²) in [5, 5.41) is 10.2. The SMILES string of the molecule is CC1=C(C(=O)Nc2ccccn2)[C@H](c2ccc(Cl)cc2Cl)NC(=S)N1. The Morgan fingerprint density at radius 2 is 2.08 bits per heavy atom. The second-order valence-electron chi connectivity index (χ2n) is 5.41. The molecule has 2 aromatic rings. The molecule has 1 aromatic heterocycles. The van der Waals surface area contributed by atoms with Gasteiger partial charge in [-0.3, -0.25) is 4.79 Å². The van der Waals surface area contributed by atoms with Crippen molar-refractivity contribution in [2.45, 2.75) is 13.0 Å². The third kappa shape index (κ3) is 3.92. The predicted molar refractivity (Wildman–Crippen MR) is 104 cm³/mol. The number of allylic oxidation sites excluding steroid dienone is 1. The summed E-state index contributed by atoms with van der Waals surface area (Å²) in [6.07, 6.45) is 1.61. The first-order valence-electron chi connectivity index (χ1n) is 7.41. The maximum absolute atomic E-state index is 12.8. The fourth-order valence-electron chi connectivity index (χ4n) is 2.58. The number of aromatic nitrogens is 1. The molecule has 0 aliphatic carbocycles. The molecule has 128 valence electrons. The lowest BCUT2D eigenvalue weighted by Gasteiger charge is -2.30. The van der Waals surface area contributed by atoms with Gasteiger partial charge in [-0.2, -0.15) is 0 Å². The Morgan fingerprint density at radius 1 is 1.28 bits per heavy atom. The highest BCUT2D eigenvalue weighted by molar-refractivity contribution is 7.80. The van der Waals surface area contributed by atoms with Crippen LogP contribution in [0.1, 0.15) is 18.5 Å². The quantitative estimate of drug-likeness (QED) is 0.692. The molecule has 3 rings (SSSR count). The van der Waals surface area contributed by atoms with E-state index in [4.69, 9.17) is 35.4 Å². The van der Waals surface area contributed by atoms with E-state index in [2.05, 4.69) is 20.9 Å². The number of carbonyl (C=O) groups excluding carboxylic acids is 1. The average Bonchev–Trinajstić information content (AvgIpc) is 2.54. The molecule has 0 radical (unpaired) electrons. The summed E-state index contributed by atoms with van der Waals surface area (Å²) >= 11 is 17.5. The number of nitrogens with one attached hydrogen (secondary N) is 3. The van der Waals surface area contributed by atoms with Crippen LogP contribution in [0.25, 0.3) is 0 Å². The average molecular weight is 393 g/mol. The third-order valence-electron chi connectivity index (χ3n) is 3.69. The van der Waals surface area contributed by atoms with Gasteiger partial charge < -0.3 is 16.0 Å². The fourth-order valence-corrected chi connectivity index (χ4v) is 3.37. The molecule has 8 heteroatoms. The number of pyridine rings is 1. The lowest BCUT2D eigenvalue weighted by atomic mass is 9.95. The van der Waals surface area contributed by atoms with Crippen LogP contribution in [0.4, 0.5) is 5.82 Å². The Labute approximate surface area is 160 Å². The summed E-state index contributed by atoms with van der Waals surface area (Å²) in [5.41, 5.74) is 1.83. The lowest BCUT2D eigenvalue weighted by molar-refractivity contribution is -0.113. The largest absolute Gasteiger partial charge is 0.351 e. The van der Waals surface area contributed by atoms with Crippen molar-refractivity contribution >= 4 is 52.3 Å². The molecule has 0 spiro atoms. The number of nitrogens with zero attached hydrogens (tertiary/aromatic N) is 1. The molecule has 25 heavy (non-hydrogen) atoms. The van der Waals surface area contributed by atoms with E-state index in [1.54, 1.807) is 49.5 Å². The fraction of sp³-hybridized carbons (Fsp3) is 0.118. The maximum atomic E-state index is 12.8. The smallest absolute Gasteiger partial charge is 0.256 e. The van der Waals surface area contributed by atoms with Crippen LogP contribution in [0.15, 0.2) is 53.9 Å². The number of hydrogen-bond acceptors (Lipinski definition) is 3. The maximum Gasteiger partial charge on any atom is 0.256 e. The topological polar surface area (TPSA) is 66.0 Å². The second kappa shape index (κ2) is 7.39. The minimum atomic E-state index is -0.498. The van der Waals surface area contributed by atoms with Crippen molar-refractivity contribution < 1.29 is 4.79 Å². The summed E-state index contributed by atoms with van der Waals surface area (Å²) in [6, 6.07) is 9.92. The van der Waals surface area contributed by atoms with Crippen molar-refractivity contribution in [3.8, 4) is 0 Å². The molecule has 0 unspecified atom stereocenters. The van der Waals surface area contributed by atoms with Gasteiger partial charge in [-0.15, -0.1) is 0 Å². The summed E-state index contributed by atoms with van der Waals surface area (Å²) in [6.45, 7) is 1.79. The van der Waals surface area contributed by atoms with E-state index in [1.165, 1.54) is 0 Å². The number of carbonyl (C=O) groups is 1. The Balaban J connectivity index is 1.99. The first kappa shape index (κ1) is 17.7. The first-order chi connectivity index (χ1) is 12.0. The van der Waals surface area contributed by atoms with E-state index in [0.29, 0.717) is 37.8 Å². The molecule has 0 bridgehead atoms. The van der Waals surface area contributed by atoms with E-state index < -0.39 is 6.04 Å². The minimum absolute atomic E-state index is 0.297. The van der Waals surface area contributed by atoms with Crippen LogP contribution in [0.5, 0.6) is 0 Å². The number of hydrogen-bond donors (Lipinski definition) is 3. The summed E-state index contributed by atoms with van der Waals surface area (Å²) in [7, 11) is 0. The highest BCUT2D eigenvalue weighted by Gasteiger charge is 2.31. The lowest BCUT2D eigenvalue weighted by Crippen LogP contribution is -2.45. The molecular weight excluding hydrogens is 379 g/mol. The van der Waals surface area contributed by atoms with Gasteiger partial charge in [0, 0.05) is 21.9 Å². The molecule has 3 N–H and O–H groups in total. The van der Waals surface area contributed by atoms with Crippen molar-refractivity contribution in [1.82, 2.24) is 15.6 Å². The Morgan fingerprint density at radius 3 is 2.76 bits per heavy atom. The van der Waals surface area contributed by atoms with Crippen LogP contribution in [-0.2, 0) is 4.79 Å². The van der Waals surface area contributed by atoms with Crippen LogP contribution in [0.3, 0.4) is 0 Å². The summed E-state index contributed by atoms with van der Waals surface area (Å²) in [4.78, 5) is 17.0. The van der Waals surface area contributed by atoms with Crippen molar-refractivity contribution in [3.05, 3.63) is 69.5 Å². The molecule has 1 aliphatic rings. The number of thiocarbonyl (C=S) groups is 1. The summed E-state index contributed by atoms with van der Waals surface area (Å²) < 4.78 is 0. The van der Waals surface area contributed by atoms with Crippen molar-refractivity contribution in [3.63, 3.8) is 0 Å². The second-order valence-corrected chi connectivity index (χ2v) is 6.66. The predicted octanol–water partition coefficient (Wildman–Crippen LogP) is 3.82. The van der Waals surface area contributed by atoms with Crippen LogP contribution in [-0.4, -0.2) is 16.0 Å². The molecule has 2 heterocycles. The first-order valence-corrected chi connectivity index (χ1v) is 8.57. The van der Waals surface area contributed by atoms with Gasteiger partial charge in [-0.1, -0.05) is 35.3 Å². The molecule has 5 nitrogen and oxygen atoms in total. The van der Waals surface area contributed by atoms with Crippen molar-refractivity contribution in [2.24, 2.45) is 0 Å². The zero-order chi connectivity index (χ0) is 18.0. The molecule has 0 saturated carbocycles. The zero-order valence-corrected chi connectivity index (χ0v) is 15.5. The Hall–Kier alpha value is -2.15. The van der Waals surface area contributed by atoms with Gasteiger partial charge in [-0.05, 0) is 49.0 Å². The number of anilines is 1. The van der Waals surface area contributed by atoms with E-state index in [1.807, 2.05) is 0 Å². The summed E-state index contributed by atoms with van der Waals surface area (Å²) in [5.74, 6) is 0.164. The van der Waals surface area contributed by atoms with E-state index in [-0.39, 0.29) is 5.91 Å². The van der Waals surface area contributed by atoms with E-state index >= 15 is 0 Å². The Bertz CT molecular complexity index is 870. The van der Waals surface area contributed by atoms with Crippen LogP contribution >= 0.6 is 35.4 Å². The molecule has 1 amide bonds. The molecule has 1 aliphatic heterocycles. The zero-order valence-electron chi connectivity index (χ0n) is 13.1. The van der Waals surface area contributed by atoms with Crippen LogP contribution in [0, 0.1) is 0 Å². The molecule has 1 atom stereocenters. The molecule has 0 saturated heterocycles. The van der Waals surface area contributed by atoms with Gasteiger partial charge in [0.05, 0.1) is 11.6 Å². The third-order valence-corrected chi connectivity index (χ3v) is 4.48. The van der Waals surface area contributed by atoms with Gasteiger partial charge in [0.15, 0.2) is 5.11 Å². The van der Waals surface area contributed by atoms with Gasteiger partial charge in [0.1, 0.15) is 5.82 Å². The van der Waals surface area contributed by atoms with Gasteiger partial charge >= 0.3 is 0 Å². The van der Waals surface area contributed by atoms with Crippen LogP contribution in [0.2, 0.25) is 10.0 Å². The van der Waals surface area contributed by atoms with E-state index in [0.717, 1.165) is 0 Å². The minimum Gasteiger partial charge on any atom is -0.351 e. The molecule has 1 aromatic carbocycles. The van der Waals surface area contributed by atoms with Crippen molar-refractivity contribution in [2.75, 3.05) is 5.32 Å². The van der Waals surface area contributed by atoms with Gasteiger partial charge in [0.25, 0.3) is 5.91 Å². The van der Waals surface area contributed by atoms with Gasteiger partial charge in [0.2, 0.25) is 0 Å². The monoisotopic (exact) mass is 392 g/mol. The molecular formula is C17H14Cl2N4OS. The number of amides is 1. The highest BCUT2D eigenvalue weighted by Crippen LogP contribution is 2.33. The highest BCUT2D eigenvalue weighted by atomic mass is 35.5. The van der Waals surface area contributed by atoms with Gasteiger partial charge in [-0.25, -0.2) is 4.98 Å². The number of benzene rings is 1. The van der Waals surface area contributed by atoms with Crippen molar-refractivity contribution in [1.29, 1.82) is 0 Å². The number of halogens is 2. The normalized spacial score (nSPS) is 16.9. The number of rotatable bonds is 3.